The number of aliphatic hydroxyl groups excluding tert-OH is 1. The number of aliphatic hydroxyl groups is 2. The van der Waals surface area contributed by atoms with Crippen molar-refractivity contribution in [2.45, 2.75) is 33.0 Å². The summed E-state index contributed by atoms with van der Waals surface area (Å²) in [4.78, 5) is 0. The van der Waals surface area contributed by atoms with E-state index in [1.54, 1.807) is 6.92 Å². The van der Waals surface area contributed by atoms with Crippen LogP contribution < -0.4 is 0 Å². The van der Waals surface area contributed by atoms with E-state index in [4.69, 9.17) is 10.2 Å². The third kappa shape index (κ3) is 2.99. The Hall–Kier alpha value is -0.0800. The molecule has 0 aliphatic rings. The molecule has 0 rings (SSSR count). The fraction of sp³-hybridized carbons (Fsp3) is 0.833. The first kappa shape index (κ1) is 7.92. The van der Waals surface area contributed by atoms with E-state index in [1.165, 1.54) is 0 Å². The van der Waals surface area contributed by atoms with Gasteiger partial charge in [0.05, 0.1) is 0 Å². The molecule has 0 amide bonds. The molecular formula is C6H13O2. The Labute approximate surface area is 50.2 Å². The molecule has 2 N–H and O–H groups in total. The molecule has 0 aromatic heterocycles. The normalized spacial score (nSPS) is 11.2. The summed E-state index contributed by atoms with van der Waals surface area (Å²) >= 11 is 0. The van der Waals surface area contributed by atoms with Crippen LogP contribution in [0.3, 0.4) is 0 Å². The quantitative estimate of drug-likeness (QED) is 0.534. The minimum atomic E-state index is -1.21. The molecule has 2 nitrogen and oxygen atoms in total. The van der Waals surface area contributed by atoms with E-state index < -0.39 is 6.29 Å². The largest absolute Gasteiger partial charge is 0.368 e. The van der Waals surface area contributed by atoms with Crippen LogP contribution in [0.2, 0.25) is 0 Å². The molecule has 0 aliphatic heterocycles. The third-order valence-electron chi connectivity index (χ3n) is 1.09. The Morgan fingerprint density at radius 1 is 1.50 bits per heavy atom. The molecule has 8 heavy (non-hydrogen) atoms. The molecule has 0 saturated carbocycles. The summed E-state index contributed by atoms with van der Waals surface area (Å²) in [5.74, 6) is 0.743. The maximum atomic E-state index is 8.47. The van der Waals surface area contributed by atoms with Gasteiger partial charge in [-0.3, -0.25) is 0 Å². The highest BCUT2D eigenvalue weighted by Crippen LogP contribution is 2.09. The van der Waals surface area contributed by atoms with Gasteiger partial charge in [0, 0.05) is 5.92 Å². The van der Waals surface area contributed by atoms with E-state index in [-0.39, 0.29) is 0 Å². The number of hydrogen-bond donors (Lipinski definition) is 2. The lowest BCUT2D eigenvalue weighted by molar-refractivity contribution is -0.0288. The van der Waals surface area contributed by atoms with Crippen LogP contribution in [0.15, 0.2) is 0 Å². The van der Waals surface area contributed by atoms with Gasteiger partial charge in [-0.15, -0.1) is 0 Å². The van der Waals surface area contributed by atoms with Crippen molar-refractivity contribution >= 4 is 0 Å². The highest BCUT2D eigenvalue weighted by Gasteiger charge is 2.08. The molecule has 0 unspecified atom stereocenters. The molecule has 2 heteroatoms. The second kappa shape index (κ2) is 3.87. The molecule has 1 radical (unpaired) electrons. The van der Waals surface area contributed by atoms with Crippen molar-refractivity contribution in [3.05, 3.63) is 5.92 Å². The van der Waals surface area contributed by atoms with Crippen LogP contribution in [0.4, 0.5) is 0 Å². The predicted octanol–water partition coefficient (Wildman–Crippen LogP) is 0.692. The van der Waals surface area contributed by atoms with Crippen molar-refractivity contribution < 1.29 is 10.2 Å². The van der Waals surface area contributed by atoms with E-state index in [9.17, 15) is 0 Å². The maximum absolute atomic E-state index is 8.47. The van der Waals surface area contributed by atoms with Crippen LogP contribution in [-0.2, 0) is 0 Å². The van der Waals surface area contributed by atoms with Gasteiger partial charge >= 0.3 is 0 Å². The van der Waals surface area contributed by atoms with Gasteiger partial charge in [0.2, 0.25) is 0 Å². The zero-order valence-corrected chi connectivity index (χ0v) is 5.39. The first-order valence-corrected chi connectivity index (χ1v) is 2.87. The molecule has 0 heterocycles. The fourth-order valence-corrected chi connectivity index (χ4v) is 0.523. The van der Waals surface area contributed by atoms with Crippen LogP contribution in [0.1, 0.15) is 26.7 Å². The van der Waals surface area contributed by atoms with Crippen LogP contribution in [0, 0.1) is 5.92 Å². The van der Waals surface area contributed by atoms with Crippen molar-refractivity contribution in [1.82, 2.24) is 0 Å². The van der Waals surface area contributed by atoms with Crippen molar-refractivity contribution in [3.63, 3.8) is 0 Å². The first-order chi connectivity index (χ1) is 3.68. The van der Waals surface area contributed by atoms with Crippen LogP contribution in [0.5, 0.6) is 0 Å². The molecular weight excluding hydrogens is 104 g/mol. The summed E-state index contributed by atoms with van der Waals surface area (Å²) in [6, 6.07) is 0. The molecule has 0 aromatic rings. The molecule has 0 spiro atoms. The van der Waals surface area contributed by atoms with E-state index in [1.807, 2.05) is 6.92 Å². The zero-order chi connectivity index (χ0) is 6.57. The molecule has 0 fully saturated rings. The van der Waals surface area contributed by atoms with Crippen molar-refractivity contribution in [2.24, 2.45) is 0 Å². The minimum absolute atomic E-state index is 0.743. The van der Waals surface area contributed by atoms with Crippen molar-refractivity contribution in [3.8, 4) is 0 Å². The summed E-state index contributed by atoms with van der Waals surface area (Å²) in [6.07, 6.45) is 0.566. The van der Waals surface area contributed by atoms with Gasteiger partial charge in [-0.2, -0.15) is 0 Å². The summed E-state index contributed by atoms with van der Waals surface area (Å²) in [6.45, 7) is 3.75. The Balaban J connectivity index is 3.17. The smallest absolute Gasteiger partial charge is 0.157 e. The van der Waals surface area contributed by atoms with Gasteiger partial charge in [0.15, 0.2) is 6.29 Å². The standard InChI is InChI=1S/C6H13O2/c1-3-4-5(2)6(7)8/h6-8H,3-4H2,1-2H3. The lowest BCUT2D eigenvalue weighted by atomic mass is 10.1. The second-order valence-electron chi connectivity index (χ2n) is 1.97. The fourth-order valence-electron chi connectivity index (χ4n) is 0.523. The number of rotatable bonds is 3. The highest BCUT2D eigenvalue weighted by atomic mass is 16.5. The van der Waals surface area contributed by atoms with Crippen molar-refractivity contribution in [1.29, 1.82) is 0 Å². The Bertz CT molecular complexity index is 52.5. The average Bonchev–Trinajstić information content (AvgIpc) is 1.67. The van der Waals surface area contributed by atoms with E-state index >= 15 is 0 Å². The summed E-state index contributed by atoms with van der Waals surface area (Å²) in [5, 5.41) is 16.9. The molecule has 0 atom stereocenters. The van der Waals surface area contributed by atoms with E-state index in [0.717, 1.165) is 18.8 Å². The second-order valence-corrected chi connectivity index (χ2v) is 1.97. The minimum Gasteiger partial charge on any atom is -0.368 e. The highest BCUT2D eigenvalue weighted by molar-refractivity contribution is 4.84. The molecule has 0 aliphatic carbocycles. The SMILES string of the molecule is CCC[C](C)C(O)O. The lowest BCUT2D eigenvalue weighted by Gasteiger charge is -2.09. The average molecular weight is 117 g/mol. The summed E-state index contributed by atoms with van der Waals surface area (Å²) in [7, 11) is 0. The van der Waals surface area contributed by atoms with Crippen LogP contribution >= 0.6 is 0 Å². The topological polar surface area (TPSA) is 40.5 Å². The Kier molecular flexibility index (Phi) is 3.83. The first-order valence-electron chi connectivity index (χ1n) is 2.87. The van der Waals surface area contributed by atoms with Crippen molar-refractivity contribution in [2.75, 3.05) is 0 Å². The van der Waals surface area contributed by atoms with Gasteiger partial charge in [-0.25, -0.2) is 0 Å². The molecule has 0 bridgehead atoms. The summed E-state index contributed by atoms with van der Waals surface area (Å²) < 4.78 is 0. The Morgan fingerprint density at radius 2 is 2.00 bits per heavy atom. The maximum Gasteiger partial charge on any atom is 0.157 e. The molecule has 0 aromatic carbocycles. The van der Waals surface area contributed by atoms with Gasteiger partial charge in [-0.1, -0.05) is 20.3 Å². The molecule has 0 saturated heterocycles. The van der Waals surface area contributed by atoms with E-state index in [0.29, 0.717) is 0 Å². The zero-order valence-electron chi connectivity index (χ0n) is 5.39. The van der Waals surface area contributed by atoms with Gasteiger partial charge in [0.25, 0.3) is 0 Å². The lowest BCUT2D eigenvalue weighted by Crippen LogP contribution is -2.13. The monoisotopic (exact) mass is 117 g/mol. The van der Waals surface area contributed by atoms with Gasteiger partial charge in [0.1, 0.15) is 0 Å². The Morgan fingerprint density at radius 3 is 2.12 bits per heavy atom. The van der Waals surface area contributed by atoms with Crippen LogP contribution in [-0.4, -0.2) is 16.5 Å². The third-order valence-corrected chi connectivity index (χ3v) is 1.09. The predicted molar refractivity (Wildman–Crippen MR) is 32.1 cm³/mol. The van der Waals surface area contributed by atoms with Gasteiger partial charge in [-0.05, 0) is 6.42 Å². The number of hydrogen-bond acceptors (Lipinski definition) is 2. The van der Waals surface area contributed by atoms with E-state index in [2.05, 4.69) is 0 Å². The summed E-state index contributed by atoms with van der Waals surface area (Å²) in [5.41, 5.74) is 0. The van der Waals surface area contributed by atoms with Gasteiger partial charge < -0.3 is 10.2 Å². The molecule has 49 valence electrons. The van der Waals surface area contributed by atoms with Crippen LogP contribution in [0.25, 0.3) is 0 Å².